The molecule has 0 heterocycles. The predicted molar refractivity (Wildman–Crippen MR) is 19.2 cm³/mol. The Morgan fingerprint density at radius 1 is 0.500 bits per heavy atom. The van der Waals surface area contributed by atoms with Gasteiger partial charge in [0.1, 0.15) is 0 Å². The van der Waals surface area contributed by atoms with E-state index in [9.17, 15) is 0 Å². The van der Waals surface area contributed by atoms with Gasteiger partial charge in [0.15, 0.2) is 0 Å². The molecule has 0 aromatic heterocycles. The molecule has 0 aliphatic rings. The molecule has 0 saturated heterocycles. The Labute approximate surface area is 60.4 Å². The quantitative estimate of drug-likeness (QED) is 0.522. The van der Waals surface area contributed by atoms with Crippen molar-refractivity contribution in [3.8, 4) is 0 Å². The van der Waals surface area contributed by atoms with Crippen LogP contribution >= 0.6 is 0 Å². The third-order valence-corrected chi connectivity index (χ3v) is 0. The van der Waals surface area contributed by atoms with Crippen LogP contribution in [0, 0.1) is 60.9 Å². The van der Waals surface area contributed by atoms with E-state index in [2.05, 4.69) is 0 Å². The van der Waals surface area contributed by atoms with Crippen LogP contribution < -0.4 is 0 Å². The minimum atomic E-state index is 0. The second-order valence-corrected chi connectivity index (χ2v) is 0. The number of rotatable bonds is 0. The summed E-state index contributed by atoms with van der Waals surface area (Å²) >= 11 is 0. The third kappa shape index (κ3) is 10.4. The molecule has 0 amide bonds. The summed E-state index contributed by atoms with van der Waals surface area (Å²) in [6.07, 6.45) is 0. The summed E-state index contributed by atoms with van der Waals surface area (Å²) < 4.78 is 0. The van der Waals surface area contributed by atoms with Crippen LogP contribution in [0.1, 0.15) is 0 Å². The SMILES string of the molecule is [CH3-].[CH3-].[CH3-].[Tb+3]. The Hall–Kier alpha value is 1.29. The summed E-state index contributed by atoms with van der Waals surface area (Å²) in [7, 11) is 0. The molecule has 1 heteroatoms. The summed E-state index contributed by atoms with van der Waals surface area (Å²) in [5.74, 6) is 0. The average Bonchev–Trinajstić information content (AvgIpc) is 0. The maximum atomic E-state index is 0. The van der Waals surface area contributed by atoms with Crippen molar-refractivity contribution in [3.05, 3.63) is 22.3 Å². The van der Waals surface area contributed by atoms with Crippen LogP contribution in [-0.2, 0) is 0 Å². The van der Waals surface area contributed by atoms with Gasteiger partial charge in [0.2, 0.25) is 0 Å². The van der Waals surface area contributed by atoms with Crippen LogP contribution in [0.4, 0.5) is 0 Å². The number of hydrogen-bond donors (Lipinski definition) is 0. The summed E-state index contributed by atoms with van der Waals surface area (Å²) in [6.45, 7) is 0. The van der Waals surface area contributed by atoms with E-state index in [4.69, 9.17) is 0 Å². The molecule has 0 unspecified atom stereocenters. The smallest absolute Gasteiger partial charge is 0.358 e. The first-order valence-corrected chi connectivity index (χ1v) is 0. The molecule has 0 aliphatic carbocycles. The van der Waals surface area contributed by atoms with Crippen molar-refractivity contribution in [2.24, 2.45) is 0 Å². The van der Waals surface area contributed by atoms with E-state index in [-0.39, 0.29) is 60.9 Å². The topological polar surface area (TPSA) is 0 Å². The summed E-state index contributed by atoms with van der Waals surface area (Å²) in [5, 5.41) is 0. The third-order valence-electron chi connectivity index (χ3n) is 0. The molecular formula is C3H9Tb. The van der Waals surface area contributed by atoms with Gasteiger partial charge in [-0.05, 0) is 0 Å². The predicted octanol–water partition coefficient (Wildman–Crippen LogP) is 1.35. The Bertz CT molecular complexity index is 3.25. The molecule has 0 saturated carbocycles. The molecule has 0 rings (SSSR count). The molecule has 0 aromatic carbocycles. The molecule has 0 aromatic rings. The van der Waals surface area contributed by atoms with E-state index in [1.54, 1.807) is 0 Å². The molecule has 0 atom stereocenters. The van der Waals surface area contributed by atoms with Crippen LogP contribution in [0.3, 0.4) is 0 Å². The minimum absolute atomic E-state index is 0. The zero-order valence-corrected chi connectivity index (χ0v) is 5.47. The molecule has 0 N–H and O–H groups in total. The first-order chi connectivity index (χ1) is 0. The average molecular weight is 204 g/mol. The largest absolute Gasteiger partial charge is 3.00 e. The van der Waals surface area contributed by atoms with E-state index >= 15 is 0 Å². The van der Waals surface area contributed by atoms with Crippen molar-refractivity contribution < 1.29 is 38.6 Å². The van der Waals surface area contributed by atoms with Gasteiger partial charge < -0.3 is 22.3 Å². The van der Waals surface area contributed by atoms with Gasteiger partial charge in [0.05, 0.1) is 0 Å². The fourth-order valence-electron chi connectivity index (χ4n) is 0. The van der Waals surface area contributed by atoms with Gasteiger partial charge >= 0.3 is 38.6 Å². The van der Waals surface area contributed by atoms with Crippen LogP contribution in [0.15, 0.2) is 0 Å². The van der Waals surface area contributed by atoms with Crippen LogP contribution in [0.25, 0.3) is 0 Å². The second kappa shape index (κ2) is 28.0. The maximum Gasteiger partial charge on any atom is 3.00 e. The molecule has 30 valence electrons. The van der Waals surface area contributed by atoms with Gasteiger partial charge in [-0.3, -0.25) is 0 Å². The zero-order valence-electron chi connectivity index (χ0n) is 3.33. The van der Waals surface area contributed by atoms with Gasteiger partial charge in [-0.15, -0.1) is 0 Å². The van der Waals surface area contributed by atoms with Crippen molar-refractivity contribution in [1.29, 1.82) is 0 Å². The molecule has 0 fully saturated rings. The number of hydrogen-bond acceptors (Lipinski definition) is 0. The Balaban J connectivity index is 0. The summed E-state index contributed by atoms with van der Waals surface area (Å²) in [5.41, 5.74) is 0. The minimum Gasteiger partial charge on any atom is -0.358 e. The van der Waals surface area contributed by atoms with E-state index < -0.39 is 0 Å². The Morgan fingerprint density at radius 3 is 0.500 bits per heavy atom. The van der Waals surface area contributed by atoms with Gasteiger partial charge in [-0.1, -0.05) is 0 Å². The van der Waals surface area contributed by atoms with E-state index in [0.717, 1.165) is 0 Å². The fourth-order valence-corrected chi connectivity index (χ4v) is 0. The second-order valence-electron chi connectivity index (χ2n) is 0. The van der Waals surface area contributed by atoms with Crippen LogP contribution in [0.5, 0.6) is 0 Å². The first-order valence-electron chi connectivity index (χ1n) is 0. The van der Waals surface area contributed by atoms with E-state index in [0.29, 0.717) is 0 Å². The molecule has 0 spiro atoms. The fraction of sp³-hybridized carbons (Fsp3) is 0. The van der Waals surface area contributed by atoms with E-state index in [1.165, 1.54) is 0 Å². The van der Waals surface area contributed by atoms with Crippen molar-refractivity contribution in [2.75, 3.05) is 0 Å². The normalized spacial score (nSPS) is 0. The molecule has 0 nitrogen and oxygen atoms in total. The van der Waals surface area contributed by atoms with Crippen LogP contribution in [-0.4, -0.2) is 0 Å². The Morgan fingerprint density at radius 2 is 0.500 bits per heavy atom. The first kappa shape index (κ1) is 58.7. The monoisotopic (exact) mass is 204 g/mol. The standard InChI is InChI=1S/3CH3.Tb/h3*1H3;/q3*-1;+3. The van der Waals surface area contributed by atoms with Crippen molar-refractivity contribution >= 4 is 0 Å². The van der Waals surface area contributed by atoms with Gasteiger partial charge in [-0.2, -0.15) is 0 Å². The summed E-state index contributed by atoms with van der Waals surface area (Å²) in [4.78, 5) is 0. The van der Waals surface area contributed by atoms with Crippen molar-refractivity contribution in [3.63, 3.8) is 0 Å². The molecule has 4 heavy (non-hydrogen) atoms. The van der Waals surface area contributed by atoms with Crippen molar-refractivity contribution in [1.82, 2.24) is 0 Å². The van der Waals surface area contributed by atoms with Gasteiger partial charge in [0.25, 0.3) is 0 Å². The molecular weight excluding hydrogens is 195 g/mol. The van der Waals surface area contributed by atoms with Crippen LogP contribution in [0.2, 0.25) is 0 Å². The van der Waals surface area contributed by atoms with Gasteiger partial charge in [-0.25, -0.2) is 0 Å². The Kier molecular flexibility index (Phi) is 411. The zero-order chi connectivity index (χ0) is 0. The van der Waals surface area contributed by atoms with Gasteiger partial charge in [0, 0.05) is 0 Å². The van der Waals surface area contributed by atoms with Crippen molar-refractivity contribution in [2.45, 2.75) is 0 Å². The van der Waals surface area contributed by atoms with E-state index in [1.807, 2.05) is 0 Å². The summed E-state index contributed by atoms with van der Waals surface area (Å²) in [6, 6.07) is 0. The molecule has 0 aliphatic heterocycles. The molecule has 0 radical (unpaired) electrons. The maximum absolute atomic E-state index is 0. The molecule has 0 bridgehead atoms.